The van der Waals surface area contributed by atoms with Crippen LogP contribution in [0, 0.1) is 20.8 Å². The van der Waals surface area contributed by atoms with Gasteiger partial charge in [-0.2, -0.15) is 0 Å². The Hall–Kier alpha value is -4.42. The molecule has 0 aliphatic rings. The second kappa shape index (κ2) is 12.4. The number of hydrogen-bond acceptors (Lipinski definition) is 0. The summed E-state index contributed by atoms with van der Waals surface area (Å²) in [4.78, 5) is 0. The predicted octanol–water partition coefficient (Wildman–Crippen LogP) is 11.8. The Kier molecular flexibility index (Phi) is 8.50. The van der Waals surface area contributed by atoms with Crippen molar-refractivity contribution in [2.24, 2.45) is 0 Å². The molecule has 0 radical (unpaired) electrons. The maximum Gasteiger partial charge on any atom is 0.00352 e. The van der Waals surface area contributed by atoms with Gasteiger partial charge in [-0.25, -0.2) is 0 Å². The molecule has 0 spiro atoms. The molecule has 5 aromatic rings. The van der Waals surface area contributed by atoms with Crippen molar-refractivity contribution in [3.8, 4) is 33.4 Å². The molecule has 0 N–H and O–H groups in total. The summed E-state index contributed by atoms with van der Waals surface area (Å²) in [6.45, 7) is 13.5. The van der Waals surface area contributed by atoms with Crippen molar-refractivity contribution in [2.45, 2.75) is 47.5 Å². The van der Waals surface area contributed by atoms with Crippen LogP contribution in [-0.4, -0.2) is 0 Å². The lowest BCUT2D eigenvalue weighted by atomic mass is 9.78. The molecule has 1 unspecified atom stereocenters. The first kappa shape index (κ1) is 28.1. The normalized spacial score (nSPS) is 12.8. The van der Waals surface area contributed by atoms with E-state index in [1.54, 1.807) is 0 Å². The Bertz CT molecular complexity index is 1710. The van der Waals surface area contributed by atoms with Crippen LogP contribution in [0.4, 0.5) is 0 Å². The molecule has 0 fully saturated rings. The van der Waals surface area contributed by atoms with Crippen LogP contribution in [0.2, 0.25) is 0 Å². The first-order valence-corrected chi connectivity index (χ1v) is 14.7. The molecule has 0 bridgehead atoms. The van der Waals surface area contributed by atoms with Crippen molar-refractivity contribution in [3.05, 3.63) is 161 Å². The second-order valence-corrected chi connectivity index (χ2v) is 11.1. The summed E-state index contributed by atoms with van der Waals surface area (Å²) in [6, 6.07) is 41.8. The van der Waals surface area contributed by atoms with Crippen LogP contribution < -0.4 is 0 Å². The monoisotopic (exact) mass is 532 g/mol. The fourth-order valence-electron chi connectivity index (χ4n) is 6.11. The SMILES string of the molecule is C/C=C\C(=C(/C)C(C)c1c(-c2ccccc2C)ccc(-c2ccccc2C)c1C)c1ccc(-c2ccccc2)cc1. The summed E-state index contributed by atoms with van der Waals surface area (Å²) in [5.74, 6) is 0.216. The molecule has 1 atom stereocenters. The van der Waals surface area contributed by atoms with E-state index in [0.29, 0.717) is 0 Å². The third-order valence-electron chi connectivity index (χ3n) is 8.53. The zero-order valence-corrected chi connectivity index (χ0v) is 25.2. The number of aryl methyl sites for hydroxylation is 2. The average Bonchev–Trinajstić information content (AvgIpc) is 3.00. The molecule has 5 rings (SSSR count). The van der Waals surface area contributed by atoms with Gasteiger partial charge in [0.25, 0.3) is 0 Å². The fourth-order valence-corrected chi connectivity index (χ4v) is 6.11. The van der Waals surface area contributed by atoms with E-state index in [9.17, 15) is 0 Å². The summed E-state index contributed by atoms with van der Waals surface area (Å²) in [5.41, 5.74) is 17.0. The van der Waals surface area contributed by atoms with Gasteiger partial charge in [0.15, 0.2) is 0 Å². The molecule has 0 amide bonds. The van der Waals surface area contributed by atoms with Gasteiger partial charge in [-0.15, -0.1) is 0 Å². The fraction of sp³-hybridized carbons (Fsp3) is 0.171. The Morgan fingerprint density at radius 3 is 1.66 bits per heavy atom. The van der Waals surface area contributed by atoms with E-state index in [0.717, 1.165) is 0 Å². The van der Waals surface area contributed by atoms with Crippen molar-refractivity contribution >= 4 is 5.57 Å². The topological polar surface area (TPSA) is 0 Å². The van der Waals surface area contributed by atoms with Gasteiger partial charge in [0.2, 0.25) is 0 Å². The molecule has 0 aromatic heterocycles. The molecule has 0 heterocycles. The van der Waals surface area contributed by atoms with E-state index in [1.807, 2.05) is 0 Å². The van der Waals surface area contributed by atoms with Gasteiger partial charge in [-0.3, -0.25) is 0 Å². The lowest BCUT2D eigenvalue weighted by Crippen LogP contribution is -2.06. The van der Waals surface area contributed by atoms with Crippen molar-refractivity contribution in [1.82, 2.24) is 0 Å². The second-order valence-electron chi connectivity index (χ2n) is 11.1. The number of allylic oxidation sites excluding steroid dienone is 4. The van der Waals surface area contributed by atoms with Crippen molar-refractivity contribution < 1.29 is 0 Å². The van der Waals surface area contributed by atoms with E-state index in [-0.39, 0.29) is 5.92 Å². The molecule has 0 aliphatic heterocycles. The van der Waals surface area contributed by atoms with Crippen molar-refractivity contribution in [3.63, 3.8) is 0 Å². The summed E-state index contributed by atoms with van der Waals surface area (Å²) in [7, 11) is 0. The first-order chi connectivity index (χ1) is 19.9. The van der Waals surface area contributed by atoms with E-state index in [2.05, 4.69) is 169 Å². The Balaban J connectivity index is 1.68. The molecule has 0 aliphatic carbocycles. The minimum atomic E-state index is 0.216. The lowest BCUT2D eigenvalue weighted by molar-refractivity contribution is 0.889. The molecular formula is C41H40. The van der Waals surface area contributed by atoms with Crippen LogP contribution >= 0.6 is 0 Å². The number of benzene rings is 5. The molecular weight excluding hydrogens is 492 g/mol. The highest BCUT2D eigenvalue weighted by molar-refractivity contribution is 5.83. The summed E-state index contributed by atoms with van der Waals surface area (Å²) >= 11 is 0. The van der Waals surface area contributed by atoms with Gasteiger partial charge >= 0.3 is 0 Å². The van der Waals surface area contributed by atoms with Crippen LogP contribution in [0.3, 0.4) is 0 Å². The minimum absolute atomic E-state index is 0.216. The standard InChI is InChI=1S/C41H40/c1-7-15-38(35-24-22-34(23-25-35)33-18-9-8-10-19-33)30(4)31(5)41-32(6)39(36-20-13-11-16-28(36)2)26-27-40(41)37-21-14-12-17-29(37)3/h7-27,31H,1-6H3/b15-7-,38-30-. The summed E-state index contributed by atoms with van der Waals surface area (Å²) in [6.07, 6.45) is 4.44. The Morgan fingerprint density at radius 1 is 0.561 bits per heavy atom. The molecule has 0 saturated carbocycles. The van der Waals surface area contributed by atoms with Crippen LogP contribution in [0.25, 0.3) is 39.0 Å². The zero-order valence-electron chi connectivity index (χ0n) is 25.2. The third-order valence-corrected chi connectivity index (χ3v) is 8.53. The van der Waals surface area contributed by atoms with E-state index in [4.69, 9.17) is 0 Å². The Morgan fingerprint density at radius 2 is 1.07 bits per heavy atom. The van der Waals surface area contributed by atoms with E-state index >= 15 is 0 Å². The van der Waals surface area contributed by atoms with Gasteiger partial charge in [-0.05, 0) is 101 Å². The molecule has 204 valence electrons. The number of hydrogen-bond donors (Lipinski definition) is 0. The van der Waals surface area contributed by atoms with E-state index < -0.39 is 0 Å². The van der Waals surface area contributed by atoms with Crippen molar-refractivity contribution in [2.75, 3.05) is 0 Å². The Labute approximate surface area is 246 Å². The van der Waals surface area contributed by atoms with Gasteiger partial charge in [0.1, 0.15) is 0 Å². The molecule has 0 saturated heterocycles. The molecule has 5 aromatic carbocycles. The largest absolute Gasteiger partial charge is 0.0870 e. The van der Waals surface area contributed by atoms with Gasteiger partial charge < -0.3 is 0 Å². The first-order valence-electron chi connectivity index (χ1n) is 14.7. The smallest absolute Gasteiger partial charge is 0.00352 e. The van der Waals surface area contributed by atoms with Gasteiger partial charge in [0, 0.05) is 5.92 Å². The highest BCUT2D eigenvalue weighted by atomic mass is 14.3. The molecule has 41 heavy (non-hydrogen) atoms. The zero-order chi connectivity index (χ0) is 28.9. The van der Waals surface area contributed by atoms with Crippen LogP contribution in [-0.2, 0) is 0 Å². The third kappa shape index (κ3) is 5.74. The van der Waals surface area contributed by atoms with Crippen LogP contribution in [0.1, 0.15) is 54.5 Å². The van der Waals surface area contributed by atoms with Gasteiger partial charge in [0.05, 0.1) is 0 Å². The quantitative estimate of drug-likeness (QED) is 0.183. The predicted molar refractivity (Wildman–Crippen MR) is 179 cm³/mol. The number of rotatable bonds is 7. The van der Waals surface area contributed by atoms with Crippen LogP contribution in [0.5, 0.6) is 0 Å². The minimum Gasteiger partial charge on any atom is -0.0870 e. The van der Waals surface area contributed by atoms with Crippen LogP contribution in [0.15, 0.2) is 133 Å². The summed E-state index contributed by atoms with van der Waals surface area (Å²) < 4.78 is 0. The summed E-state index contributed by atoms with van der Waals surface area (Å²) in [5, 5.41) is 0. The molecule has 0 heteroatoms. The van der Waals surface area contributed by atoms with Gasteiger partial charge in [-0.1, -0.05) is 140 Å². The highest BCUT2D eigenvalue weighted by Crippen LogP contribution is 2.43. The molecule has 0 nitrogen and oxygen atoms in total. The average molecular weight is 533 g/mol. The highest BCUT2D eigenvalue weighted by Gasteiger charge is 2.22. The maximum atomic E-state index is 2.38. The lowest BCUT2D eigenvalue weighted by Gasteiger charge is -2.25. The van der Waals surface area contributed by atoms with Crippen molar-refractivity contribution in [1.29, 1.82) is 0 Å². The maximum absolute atomic E-state index is 2.38. The van der Waals surface area contributed by atoms with E-state index in [1.165, 1.54) is 72.3 Å².